The molecule has 3 heteroatoms. The zero-order valence-electron chi connectivity index (χ0n) is 9.58. The highest BCUT2D eigenvalue weighted by Crippen LogP contribution is 2.20. The summed E-state index contributed by atoms with van der Waals surface area (Å²) in [6.45, 7) is 3.12. The fourth-order valence-electron chi connectivity index (χ4n) is 2.40. The Kier molecular flexibility index (Phi) is 3.41. The van der Waals surface area contributed by atoms with Gasteiger partial charge in [0.05, 0.1) is 12.0 Å². The van der Waals surface area contributed by atoms with Gasteiger partial charge in [-0.3, -0.25) is 0 Å². The first-order valence-electron chi connectivity index (χ1n) is 6.09. The van der Waals surface area contributed by atoms with E-state index in [0.717, 1.165) is 25.8 Å². The lowest BCUT2D eigenvalue weighted by Crippen LogP contribution is -2.26. The molecule has 0 aromatic carbocycles. The number of rotatable bonds is 4. The minimum atomic E-state index is 0.287. The van der Waals surface area contributed by atoms with Gasteiger partial charge in [0.2, 0.25) is 0 Å². The van der Waals surface area contributed by atoms with Gasteiger partial charge < -0.3 is 10.3 Å². The number of hydrogen-bond acceptors (Lipinski definition) is 2. The SMILES string of the molecule is CCCC(N)Cn1cnc2c1CCCC2. The largest absolute Gasteiger partial charge is 0.333 e. The van der Waals surface area contributed by atoms with Crippen LogP contribution < -0.4 is 5.73 Å². The lowest BCUT2D eigenvalue weighted by atomic mass is 10.0. The molecule has 0 amide bonds. The molecule has 0 bridgehead atoms. The third-order valence-electron chi connectivity index (χ3n) is 3.20. The molecule has 1 aliphatic carbocycles. The quantitative estimate of drug-likeness (QED) is 0.819. The van der Waals surface area contributed by atoms with Gasteiger partial charge in [0.1, 0.15) is 0 Å². The Morgan fingerprint density at radius 3 is 3.07 bits per heavy atom. The number of aromatic nitrogens is 2. The second-order valence-electron chi connectivity index (χ2n) is 4.55. The average molecular weight is 207 g/mol. The number of nitrogens with zero attached hydrogens (tertiary/aromatic N) is 2. The molecule has 1 atom stereocenters. The van der Waals surface area contributed by atoms with Crippen LogP contribution in [0.5, 0.6) is 0 Å². The molecule has 1 aromatic heterocycles. The van der Waals surface area contributed by atoms with E-state index in [4.69, 9.17) is 5.73 Å². The molecule has 0 fully saturated rings. The summed E-state index contributed by atoms with van der Waals surface area (Å²) < 4.78 is 2.27. The summed E-state index contributed by atoms with van der Waals surface area (Å²) in [6, 6.07) is 0.287. The second kappa shape index (κ2) is 4.79. The van der Waals surface area contributed by atoms with E-state index in [0.29, 0.717) is 0 Å². The van der Waals surface area contributed by atoms with Gasteiger partial charge in [0.25, 0.3) is 0 Å². The first-order valence-corrected chi connectivity index (χ1v) is 6.09. The van der Waals surface area contributed by atoms with Crippen molar-refractivity contribution in [3.05, 3.63) is 17.7 Å². The molecule has 2 N–H and O–H groups in total. The maximum absolute atomic E-state index is 6.06. The van der Waals surface area contributed by atoms with E-state index < -0.39 is 0 Å². The molecule has 2 rings (SSSR count). The van der Waals surface area contributed by atoms with Crippen LogP contribution in [0.1, 0.15) is 44.0 Å². The van der Waals surface area contributed by atoms with Crippen LogP contribution in [0.25, 0.3) is 0 Å². The summed E-state index contributed by atoms with van der Waals surface area (Å²) in [7, 11) is 0. The molecule has 1 aliphatic rings. The van der Waals surface area contributed by atoms with Crippen molar-refractivity contribution in [1.29, 1.82) is 0 Å². The standard InChI is InChI=1S/C12H21N3/c1-2-5-10(13)8-15-9-14-11-6-3-4-7-12(11)15/h9-10H,2-8,13H2,1H3. The van der Waals surface area contributed by atoms with Crippen molar-refractivity contribution < 1.29 is 0 Å². The lowest BCUT2D eigenvalue weighted by Gasteiger charge is -2.17. The van der Waals surface area contributed by atoms with Crippen molar-refractivity contribution in [2.45, 2.75) is 58.0 Å². The Labute approximate surface area is 91.7 Å². The smallest absolute Gasteiger partial charge is 0.0952 e. The minimum Gasteiger partial charge on any atom is -0.333 e. The number of nitrogens with two attached hydrogens (primary N) is 1. The van der Waals surface area contributed by atoms with Crippen molar-refractivity contribution in [2.75, 3.05) is 0 Å². The van der Waals surface area contributed by atoms with Crippen molar-refractivity contribution in [1.82, 2.24) is 9.55 Å². The molecule has 0 aliphatic heterocycles. The molecule has 15 heavy (non-hydrogen) atoms. The first-order chi connectivity index (χ1) is 7.31. The second-order valence-corrected chi connectivity index (χ2v) is 4.55. The van der Waals surface area contributed by atoms with Gasteiger partial charge in [-0.05, 0) is 32.1 Å². The van der Waals surface area contributed by atoms with Crippen molar-refractivity contribution in [3.8, 4) is 0 Å². The summed E-state index contributed by atoms with van der Waals surface area (Å²) in [5.74, 6) is 0. The zero-order chi connectivity index (χ0) is 10.7. The van der Waals surface area contributed by atoms with Gasteiger partial charge >= 0.3 is 0 Å². The molecular weight excluding hydrogens is 186 g/mol. The molecule has 3 nitrogen and oxygen atoms in total. The number of fused-ring (bicyclic) bond motifs is 1. The number of aryl methyl sites for hydroxylation is 1. The molecule has 0 saturated carbocycles. The van der Waals surface area contributed by atoms with Crippen molar-refractivity contribution in [2.24, 2.45) is 5.73 Å². The third-order valence-corrected chi connectivity index (χ3v) is 3.20. The minimum absolute atomic E-state index is 0.287. The summed E-state index contributed by atoms with van der Waals surface area (Å²) in [5.41, 5.74) is 8.81. The predicted molar refractivity (Wildman–Crippen MR) is 61.8 cm³/mol. The fourth-order valence-corrected chi connectivity index (χ4v) is 2.40. The molecule has 0 radical (unpaired) electrons. The van der Waals surface area contributed by atoms with E-state index in [1.54, 1.807) is 0 Å². The van der Waals surface area contributed by atoms with Crippen LogP contribution >= 0.6 is 0 Å². The van der Waals surface area contributed by atoms with Crippen molar-refractivity contribution >= 4 is 0 Å². The van der Waals surface area contributed by atoms with Crippen LogP contribution in [0.15, 0.2) is 6.33 Å². The van der Waals surface area contributed by atoms with E-state index in [1.807, 2.05) is 6.33 Å². The molecule has 0 saturated heterocycles. The molecule has 0 spiro atoms. The van der Waals surface area contributed by atoms with E-state index in [1.165, 1.54) is 30.7 Å². The summed E-state index contributed by atoms with van der Waals surface area (Å²) in [6.07, 6.45) is 9.20. The number of hydrogen-bond donors (Lipinski definition) is 1. The lowest BCUT2D eigenvalue weighted by molar-refractivity contribution is 0.495. The van der Waals surface area contributed by atoms with Gasteiger partial charge in [-0.15, -0.1) is 0 Å². The van der Waals surface area contributed by atoms with E-state index in [2.05, 4.69) is 16.5 Å². The van der Waals surface area contributed by atoms with Crippen LogP contribution in [-0.2, 0) is 19.4 Å². The van der Waals surface area contributed by atoms with Gasteiger partial charge in [0.15, 0.2) is 0 Å². The van der Waals surface area contributed by atoms with Gasteiger partial charge in [-0.25, -0.2) is 4.98 Å². The predicted octanol–water partition coefficient (Wildman–Crippen LogP) is 1.89. The monoisotopic (exact) mass is 207 g/mol. The topological polar surface area (TPSA) is 43.8 Å². The van der Waals surface area contributed by atoms with Gasteiger partial charge in [0, 0.05) is 18.3 Å². The maximum atomic E-state index is 6.06. The van der Waals surface area contributed by atoms with Crippen molar-refractivity contribution in [3.63, 3.8) is 0 Å². The molecule has 1 unspecified atom stereocenters. The molecular formula is C12H21N3. The molecule has 1 aromatic rings. The van der Waals surface area contributed by atoms with E-state index >= 15 is 0 Å². The van der Waals surface area contributed by atoms with Crippen LogP contribution in [-0.4, -0.2) is 15.6 Å². The summed E-state index contributed by atoms with van der Waals surface area (Å²) in [5, 5.41) is 0. The van der Waals surface area contributed by atoms with Crippen LogP contribution in [0.4, 0.5) is 0 Å². The average Bonchev–Trinajstić information content (AvgIpc) is 2.62. The fraction of sp³-hybridized carbons (Fsp3) is 0.750. The summed E-state index contributed by atoms with van der Waals surface area (Å²) >= 11 is 0. The Balaban J connectivity index is 2.05. The molecule has 84 valence electrons. The van der Waals surface area contributed by atoms with Gasteiger partial charge in [-0.1, -0.05) is 13.3 Å². The van der Waals surface area contributed by atoms with E-state index in [9.17, 15) is 0 Å². The Morgan fingerprint density at radius 1 is 1.47 bits per heavy atom. The maximum Gasteiger partial charge on any atom is 0.0952 e. The highest BCUT2D eigenvalue weighted by molar-refractivity contribution is 5.16. The Morgan fingerprint density at radius 2 is 2.27 bits per heavy atom. The zero-order valence-corrected chi connectivity index (χ0v) is 9.58. The Hall–Kier alpha value is -0.830. The molecule has 1 heterocycles. The van der Waals surface area contributed by atoms with Crippen LogP contribution in [0.3, 0.4) is 0 Å². The van der Waals surface area contributed by atoms with Crippen LogP contribution in [0, 0.1) is 0 Å². The third kappa shape index (κ3) is 2.40. The van der Waals surface area contributed by atoms with E-state index in [-0.39, 0.29) is 6.04 Å². The first kappa shape index (κ1) is 10.7. The Bertz CT molecular complexity index is 317. The van der Waals surface area contributed by atoms with Crippen LogP contribution in [0.2, 0.25) is 0 Å². The normalized spacial score (nSPS) is 17.5. The highest BCUT2D eigenvalue weighted by atomic mass is 15.1. The summed E-state index contributed by atoms with van der Waals surface area (Å²) in [4.78, 5) is 4.48. The number of imidazole rings is 1. The highest BCUT2D eigenvalue weighted by Gasteiger charge is 2.15. The van der Waals surface area contributed by atoms with Gasteiger partial charge in [-0.2, -0.15) is 0 Å².